The quantitative estimate of drug-likeness (QED) is 0.703. The molecule has 1 aliphatic rings. The molecule has 0 amide bonds. The van der Waals surface area contributed by atoms with Crippen LogP contribution in [0.3, 0.4) is 0 Å². The maximum atomic E-state index is 8.61. The van der Waals surface area contributed by atoms with Crippen LogP contribution in [0.25, 0.3) is 0 Å². The largest absolute Gasteiger partial charge is 0.394 e. The molecule has 1 aromatic carbocycles. The van der Waals surface area contributed by atoms with Crippen molar-refractivity contribution in [1.82, 2.24) is 10.2 Å². The number of aliphatic hydroxyl groups is 1. The smallest absolute Gasteiger partial charge is 0.0698 e. The van der Waals surface area contributed by atoms with E-state index in [1.165, 1.54) is 18.4 Å². The summed E-state index contributed by atoms with van der Waals surface area (Å²) < 4.78 is 5.25. The lowest BCUT2D eigenvalue weighted by Crippen LogP contribution is -2.43. The number of nitrogens with zero attached hydrogens (tertiary/aromatic N) is 1. The van der Waals surface area contributed by atoms with Gasteiger partial charge in [0, 0.05) is 19.1 Å². The number of hydrogen-bond acceptors (Lipinski definition) is 4. The summed E-state index contributed by atoms with van der Waals surface area (Å²) in [5.41, 5.74) is 1.40. The lowest BCUT2D eigenvalue weighted by molar-refractivity contribution is 0.0901. The number of benzene rings is 1. The van der Waals surface area contributed by atoms with E-state index in [2.05, 4.69) is 40.5 Å². The second-order valence-electron chi connectivity index (χ2n) is 5.33. The molecule has 1 aliphatic heterocycles. The third-order valence-electron chi connectivity index (χ3n) is 3.75. The Bertz CT molecular complexity index is 351. The minimum absolute atomic E-state index is 0.109. The molecule has 1 fully saturated rings. The van der Waals surface area contributed by atoms with Crippen molar-refractivity contribution < 1.29 is 9.84 Å². The fourth-order valence-corrected chi connectivity index (χ4v) is 2.64. The molecule has 1 aromatic rings. The first-order chi connectivity index (χ1) is 9.88. The van der Waals surface area contributed by atoms with Crippen LogP contribution in [0.15, 0.2) is 30.3 Å². The predicted molar refractivity (Wildman–Crippen MR) is 80.6 cm³/mol. The highest BCUT2D eigenvalue weighted by Gasteiger charge is 2.18. The molecule has 1 heterocycles. The summed E-state index contributed by atoms with van der Waals surface area (Å²) in [4.78, 5) is 2.52. The van der Waals surface area contributed by atoms with E-state index < -0.39 is 0 Å². The summed E-state index contributed by atoms with van der Waals surface area (Å²) in [5, 5.41) is 12.1. The third-order valence-corrected chi connectivity index (χ3v) is 3.75. The molecule has 0 bridgehead atoms. The van der Waals surface area contributed by atoms with Gasteiger partial charge in [-0.05, 0) is 31.5 Å². The minimum atomic E-state index is 0.109. The molecule has 0 aliphatic carbocycles. The summed E-state index contributed by atoms with van der Waals surface area (Å²) in [5.74, 6) is 0. The Morgan fingerprint density at radius 1 is 1.15 bits per heavy atom. The van der Waals surface area contributed by atoms with Crippen LogP contribution >= 0.6 is 0 Å². The predicted octanol–water partition coefficient (Wildman–Crippen LogP) is 1.25. The second-order valence-corrected chi connectivity index (χ2v) is 5.33. The van der Waals surface area contributed by atoms with E-state index in [9.17, 15) is 0 Å². The van der Waals surface area contributed by atoms with Crippen LogP contribution in [0, 0.1) is 0 Å². The van der Waals surface area contributed by atoms with Crippen LogP contribution in [-0.4, -0.2) is 55.5 Å². The number of piperidine rings is 1. The minimum Gasteiger partial charge on any atom is -0.394 e. The van der Waals surface area contributed by atoms with Crippen LogP contribution in [0.5, 0.6) is 0 Å². The Morgan fingerprint density at radius 2 is 1.90 bits per heavy atom. The van der Waals surface area contributed by atoms with Crippen LogP contribution < -0.4 is 5.32 Å². The van der Waals surface area contributed by atoms with E-state index in [-0.39, 0.29) is 6.61 Å². The highest BCUT2D eigenvalue weighted by atomic mass is 16.5. The SMILES string of the molecule is OCCOCCNC1CCN(Cc2ccccc2)CC1. The maximum Gasteiger partial charge on any atom is 0.0698 e. The van der Waals surface area contributed by atoms with Crippen molar-refractivity contribution in [3.63, 3.8) is 0 Å². The van der Waals surface area contributed by atoms with Crippen molar-refractivity contribution in [1.29, 1.82) is 0 Å². The van der Waals surface area contributed by atoms with E-state index in [1.54, 1.807) is 0 Å². The van der Waals surface area contributed by atoms with Crippen molar-refractivity contribution in [3.05, 3.63) is 35.9 Å². The number of aliphatic hydroxyl groups excluding tert-OH is 1. The zero-order valence-corrected chi connectivity index (χ0v) is 12.1. The van der Waals surface area contributed by atoms with Crippen molar-refractivity contribution in [2.75, 3.05) is 39.5 Å². The van der Waals surface area contributed by atoms with E-state index in [1.807, 2.05) is 0 Å². The lowest BCUT2D eigenvalue weighted by atomic mass is 10.0. The van der Waals surface area contributed by atoms with Crippen molar-refractivity contribution in [3.8, 4) is 0 Å². The first-order valence-electron chi connectivity index (χ1n) is 7.57. The van der Waals surface area contributed by atoms with Gasteiger partial charge in [0.25, 0.3) is 0 Å². The zero-order chi connectivity index (χ0) is 14.0. The standard InChI is InChI=1S/C16H26N2O2/c19-11-13-20-12-8-17-16-6-9-18(10-7-16)14-15-4-2-1-3-5-15/h1-5,16-17,19H,6-14H2. The topological polar surface area (TPSA) is 44.7 Å². The molecule has 2 rings (SSSR count). The van der Waals surface area contributed by atoms with Crippen molar-refractivity contribution in [2.24, 2.45) is 0 Å². The van der Waals surface area contributed by atoms with Gasteiger partial charge in [0.15, 0.2) is 0 Å². The van der Waals surface area contributed by atoms with E-state index in [4.69, 9.17) is 9.84 Å². The molecule has 0 saturated carbocycles. The van der Waals surface area contributed by atoms with Gasteiger partial charge < -0.3 is 15.2 Å². The Kier molecular flexibility index (Phi) is 7.01. The molecule has 112 valence electrons. The van der Waals surface area contributed by atoms with E-state index in [0.29, 0.717) is 19.3 Å². The molecule has 1 saturated heterocycles. The average molecular weight is 278 g/mol. The van der Waals surface area contributed by atoms with Crippen LogP contribution in [0.4, 0.5) is 0 Å². The van der Waals surface area contributed by atoms with Gasteiger partial charge in [0.05, 0.1) is 19.8 Å². The molecule has 0 atom stereocenters. The number of hydrogen-bond donors (Lipinski definition) is 2. The van der Waals surface area contributed by atoms with Gasteiger partial charge >= 0.3 is 0 Å². The Balaban J connectivity index is 1.58. The van der Waals surface area contributed by atoms with Crippen molar-refractivity contribution >= 4 is 0 Å². The fraction of sp³-hybridized carbons (Fsp3) is 0.625. The first kappa shape index (κ1) is 15.4. The summed E-state index contributed by atoms with van der Waals surface area (Å²) in [7, 11) is 0. The molecule has 0 spiro atoms. The average Bonchev–Trinajstić information content (AvgIpc) is 2.50. The molecule has 0 radical (unpaired) electrons. The number of nitrogens with one attached hydrogen (secondary N) is 1. The highest BCUT2D eigenvalue weighted by molar-refractivity contribution is 5.14. The molecule has 4 heteroatoms. The summed E-state index contributed by atoms with van der Waals surface area (Å²) >= 11 is 0. The second kappa shape index (κ2) is 9.08. The van der Waals surface area contributed by atoms with Gasteiger partial charge in [-0.25, -0.2) is 0 Å². The van der Waals surface area contributed by atoms with E-state index >= 15 is 0 Å². The molecule has 20 heavy (non-hydrogen) atoms. The normalized spacial score (nSPS) is 17.4. The zero-order valence-electron chi connectivity index (χ0n) is 12.1. The van der Waals surface area contributed by atoms with Gasteiger partial charge in [-0.3, -0.25) is 4.90 Å². The number of likely N-dealkylation sites (tertiary alicyclic amines) is 1. The Labute approximate surface area is 121 Å². The molecule has 0 aromatic heterocycles. The molecular weight excluding hydrogens is 252 g/mol. The molecule has 4 nitrogen and oxygen atoms in total. The summed E-state index contributed by atoms with van der Waals surface area (Å²) in [6.07, 6.45) is 2.40. The molecular formula is C16H26N2O2. The number of rotatable bonds is 8. The monoisotopic (exact) mass is 278 g/mol. The summed E-state index contributed by atoms with van der Waals surface area (Å²) in [6.45, 7) is 5.49. The van der Waals surface area contributed by atoms with E-state index in [0.717, 1.165) is 26.2 Å². The highest BCUT2D eigenvalue weighted by Crippen LogP contribution is 2.13. The first-order valence-corrected chi connectivity index (χ1v) is 7.57. The molecule has 2 N–H and O–H groups in total. The van der Waals surface area contributed by atoms with Gasteiger partial charge in [0.1, 0.15) is 0 Å². The van der Waals surface area contributed by atoms with Gasteiger partial charge in [-0.15, -0.1) is 0 Å². The number of ether oxygens (including phenoxy) is 1. The maximum absolute atomic E-state index is 8.61. The molecule has 0 unspecified atom stereocenters. The Hall–Kier alpha value is -0.940. The van der Waals surface area contributed by atoms with Crippen LogP contribution in [0.1, 0.15) is 18.4 Å². The Morgan fingerprint density at radius 3 is 2.60 bits per heavy atom. The van der Waals surface area contributed by atoms with Crippen LogP contribution in [0.2, 0.25) is 0 Å². The van der Waals surface area contributed by atoms with Gasteiger partial charge in [-0.2, -0.15) is 0 Å². The summed E-state index contributed by atoms with van der Waals surface area (Å²) in [6, 6.07) is 11.3. The van der Waals surface area contributed by atoms with Crippen molar-refractivity contribution in [2.45, 2.75) is 25.4 Å². The van der Waals surface area contributed by atoms with Crippen LogP contribution in [-0.2, 0) is 11.3 Å². The van der Waals surface area contributed by atoms with Gasteiger partial charge in [0.2, 0.25) is 0 Å². The third kappa shape index (κ3) is 5.59. The lowest BCUT2D eigenvalue weighted by Gasteiger charge is -2.32. The van der Waals surface area contributed by atoms with Gasteiger partial charge in [-0.1, -0.05) is 30.3 Å². The fourth-order valence-electron chi connectivity index (χ4n) is 2.64.